The van der Waals surface area contributed by atoms with Crippen LogP contribution < -0.4 is 14.2 Å². The molecular weight excluding hydrogens is 468 g/mol. The Kier molecular flexibility index (Phi) is 6.69. The van der Waals surface area contributed by atoms with Crippen molar-refractivity contribution in [2.45, 2.75) is 33.9 Å². The van der Waals surface area contributed by atoms with Gasteiger partial charge >= 0.3 is 17.9 Å². The normalized spacial score (nSPS) is 14.6. The number of nitrogens with zero attached hydrogens (tertiary/aromatic N) is 2. The summed E-state index contributed by atoms with van der Waals surface area (Å²) >= 11 is 0. The van der Waals surface area contributed by atoms with Gasteiger partial charge < -0.3 is 18.9 Å². The Morgan fingerprint density at radius 3 is 2.19 bits per heavy atom. The van der Waals surface area contributed by atoms with Crippen LogP contribution in [0.3, 0.4) is 0 Å². The number of hydrogen-bond acceptors (Lipinski definition) is 9. The van der Waals surface area contributed by atoms with Crippen molar-refractivity contribution in [3.8, 4) is 17.2 Å². The molecule has 184 valence electrons. The van der Waals surface area contributed by atoms with Crippen molar-refractivity contribution < 1.29 is 38.1 Å². The van der Waals surface area contributed by atoms with Gasteiger partial charge in [0, 0.05) is 39.1 Å². The maximum absolute atomic E-state index is 12.5. The molecular formula is C26H22N2O8. The number of esters is 3. The third-order valence-electron chi connectivity index (χ3n) is 5.09. The number of hydrazone groups is 1. The number of amides is 1. The molecule has 3 aromatic carbocycles. The molecule has 10 nitrogen and oxygen atoms in total. The molecule has 4 rings (SSSR count). The van der Waals surface area contributed by atoms with Crippen molar-refractivity contribution in [2.24, 2.45) is 5.10 Å². The van der Waals surface area contributed by atoms with Crippen molar-refractivity contribution in [2.75, 3.05) is 0 Å². The summed E-state index contributed by atoms with van der Waals surface area (Å²) in [5, 5.41) is 6.90. The second-order valence-electron chi connectivity index (χ2n) is 7.88. The SMILES string of the molecule is CC(=O)Oc1ccc(C2OC(c3ccc4ccccc4c3OC(C)=O)=NN2C(C)=O)c(OC(C)=O)c1. The highest BCUT2D eigenvalue weighted by Gasteiger charge is 2.37. The number of fused-ring (bicyclic) bond motifs is 1. The largest absolute Gasteiger partial charge is 0.445 e. The third kappa shape index (κ3) is 5.02. The Labute approximate surface area is 206 Å². The minimum absolute atomic E-state index is 0.0210. The Bertz CT molecular complexity index is 1430. The monoisotopic (exact) mass is 490 g/mol. The molecule has 0 saturated heterocycles. The van der Waals surface area contributed by atoms with Gasteiger partial charge in [-0.3, -0.25) is 19.2 Å². The summed E-state index contributed by atoms with van der Waals surface area (Å²) in [5.41, 5.74) is 0.632. The molecule has 0 N–H and O–H groups in total. The summed E-state index contributed by atoms with van der Waals surface area (Å²) < 4.78 is 22.0. The molecule has 0 bridgehead atoms. The first kappa shape index (κ1) is 24.4. The molecule has 1 unspecified atom stereocenters. The highest BCUT2D eigenvalue weighted by molar-refractivity contribution is 6.05. The van der Waals surface area contributed by atoms with Crippen LogP contribution in [0.25, 0.3) is 10.8 Å². The summed E-state index contributed by atoms with van der Waals surface area (Å²) in [6.07, 6.45) is -1.12. The lowest BCUT2D eigenvalue weighted by Crippen LogP contribution is -2.26. The van der Waals surface area contributed by atoms with Crippen LogP contribution in [0.2, 0.25) is 0 Å². The molecule has 1 aliphatic heterocycles. The lowest BCUT2D eigenvalue weighted by atomic mass is 10.0. The van der Waals surface area contributed by atoms with Gasteiger partial charge in [0.2, 0.25) is 18.0 Å². The van der Waals surface area contributed by atoms with Crippen LogP contribution in [0.15, 0.2) is 59.7 Å². The standard InChI is InChI=1S/C26H22N2O8/c1-14(29)28-26(21-12-10-19(33-15(2)30)13-23(21)34-16(3)31)36-25(27-28)22-11-9-18-7-5-6-8-20(18)24(22)35-17(4)32/h5-13,26H,1-4H3. The predicted molar refractivity (Wildman–Crippen MR) is 127 cm³/mol. The van der Waals surface area contributed by atoms with E-state index in [0.717, 1.165) is 10.4 Å². The van der Waals surface area contributed by atoms with Gasteiger partial charge in [0.05, 0.1) is 11.1 Å². The van der Waals surface area contributed by atoms with E-state index >= 15 is 0 Å². The van der Waals surface area contributed by atoms with Crippen LogP contribution in [0.5, 0.6) is 17.2 Å². The first-order valence-corrected chi connectivity index (χ1v) is 10.9. The maximum atomic E-state index is 12.5. The van der Waals surface area contributed by atoms with Gasteiger partial charge in [0.1, 0.15) is 11.5 Å². The fourth-order valence-electron chi connectivity index (χ4n) is 3.73. The number of carbonyl (C=O) groups excluding carboxylic acids is 4. The second-order valence-corrected chi connectivity index (χ2v) is 7.88. The molecule has 36 heavy (non-hydrogen) atoms. The van der Waals surface area contributed by atoms with Crippen molar-refractivity contribution >= 4 is 40.5 Å². The van der Waals surface area contributed by atoms with E-state index in [4.69, 9.17) is 18.9 Å². The Morgan fingerprint density at radius 1 is 0.833 bits per heavy atom. The fourth-order valence-corrected chi connectivity index (χ4v) is 3.73. The second kappa shape index (κ2) is 9.87. The lowest BCUT2D eigenvalue weighted by molar-refractivity contribution is -0.135. The van der Waals surface area contributed by atoms with Crippen LogP contribution in [0, 0.1) is 0 Å². The van der Waals surface area contributed by atoms with E-state index in [2.05, 4.69) is 5.10 Å². The highest BCUT2D eigenvalue weighted by Crippen LogP contribution is 2.40. The summed E-state index contributed by atoms with van der Waals surface area (Å²) in [5.74, 6) is -1.76. The topological polar surface area (TPSA) is 121 Å². The first-order chi connectivity index (χ1) is 17.1. The van der Waals surface area contributed by atoms with Crippen LogP contribution in [-0.2, 0) is 23.9 Å². The zero-order chi connectivity index (χ0) is 26.0. The smallest absolute Gasteiger partial charge is 0.308 e. The van der Waals surface area contributed by atoms with Crippen molar-refractivity contribution in [1.82, 2.24) is 5.01 Å². The zero-order valence-electron chi connectivity index (χ0n) is 19.9. The molecule has 0 aromatic heterocycles. The number of hydrogen-bond donors (Lipinski definition) is 0. The van der Waals surface area contributed by atoms with Gasteiger partial charge in [0.15, 0.2) is 5.75 Å². The van der Waals surface area contributed by atoms with E-state index in [1.165, 1.54) is 45.9 Å². The number of benzene rings is 3. The Balaban J connectivity index is 1.80. The molecule has 3 aromatic rings. The maximum Gasteiger partial charge on any atom is 0.308 e. The predicted octanol–water partition coefficient (Wildman–Crippen LogP) is 3.85. The van der Waals surface area contributed by atoms with Crippen LogP contribution in [-0.4, -0.2) is 34.7 Å². The third-order valence-corrected chi connectivity index (χ3v) is 5.09. The Morgan fingerprint density at radius 2 is 1.53 bits per heavy atom. The number of ether oxygens (including phenoxy) is 4. The fraction of sp³-hybridized carbons (Fsp3) is 0.192. The van der Waals surface area contributed by atoms with Crippen molar-refractivity contribution in [3.05, 3.63) is 65.7 Å². The van der Waals surface area contributed by atoms with Gasteiger partial charge in [-0.15, -0.1) is 5.10 Å². The molecule has 0 aliphatic carbocycles. The number of rotatable bonds is 5. The lowest BCUT2D eigenvalue weighted by Gasteiger charge is -2.22. The average Bonchev–Trinajstić information content (AvgIpc) is 3.24. The summed E-state index contributed by atoms with van der Waals surface area (Å²) in [6.45, 7) is 5.03. The van der Waals surface area contributed by atoms with Crippen LogP contribution >= 0.6 is 0 Å². The molecule has 1 aliphatic rings. The van der Waals surface area contributed by atoms with Gasteiger partial charge in [-0.1, -0.05) is 30.3 Å². The van der Waals surface area contributed by atoms with E-state index in [9.17, 15) is 19.2 Å². The molecule has 0 saturated carbocycles. The van der Waals surface area contributed by atoms with E-state index < -0.39 is 30.0 Å². The molecule has 10 heteroatoms. The summed E-state index contributed by atoms with van der Waals surface area (Å²) in [7, 11) is 0. The van der Waals surface area contributed by atoms with E-state index in [0.29, 0.717) is 10.9 Å². The van der Waals surface area contributed by atoms with Crippen molar-refractivity contribution in [3.63, 3.8) is 0 Å². The van der Waals surface area contributed by atoms with E-state index in [-0.39, 0.29) is 28.7 Å². The zero-order valence-corrected chi connectivity index (χ0v) is 19.9. The van der Waals surface area contributed by atoms with Gasteiger partial charge in [-0.25, -0.2) is 0 Å². The minimum atomic E-state index is -1.12. The van der Waals surface area contributed by atoms with E-state index in [1.54, 1.807) is 18.2 Å². The Hall–Kier alpha value is -4.73. The molecule has 1 atom stereocenters. The molecule has 1 heterocycles. The van der Waals surface area contributed by atoms with Crippen LogP contribution in [0.4, 0.5) is 0 Å². The van der Waals surface area contributed by atoms with Gasteiger partial charge in [0.25, 0.3) is 0 Å². The van der Waals surface area contributed by atoms with Gasteiger partial charge in [-0.05, 0) is 23.6 Å². The number of carbonyl (C=O) groups is 4. The first-order valence-electron chi connectivity index (χ1n) is 10.9. The quantitative estimate of drug-likeness (QED) is 0.391. The summed E-state index contributed by atoms with van der Waals surface area (Å²) in [6, 6.07) is 15.1. The summed E-state index contributed by atoms with van der Waals surface area (Å²) in [4.78, 5) is 47.5. The molecule has 1 amide bonds. The van der Waals surface area contributed by atoms with E-state index in [1.807, 2.05) is 18.2 Å². The minimum Gasteiger partial charge on any atom is -0.445 e. The van der Waals surface area contributed by atoms with Gasteiger partial charge in [-0.2, -0.15) is 5.01 Å². The molecule has 0 fully saturated rings. The van der Waals surface area contributed by atoms with Crippen molar-refractivity contribution in [1.29, 1.82) is 0 Å². The molecule has 0 radical (unpaired) electrons. The molecule has 0 spiro atoms. The highest BCUT2D eigenvalue weighted by atomic mass is 16.6. The average molecular weight is 490 g/mol. The van der Waals surface area contributed by atoms with Crippen LogP contribution in [0.1, 0.15) is 45.0 Å².